The number of carbonyl (C=O) groups is 1. The molecule has 1 aromatic rings. The molecule has 6 heteroatoms. The number of benzene rings is 1. The quantitative estimate of drug-likeness (QED) is 0.649. The smallest absolute Gasteiger partial charge is 0.257 e. The van der Waals surface area contributed by atoms with Gasteiger partial charge in [0, 0.05) is 44.4 Å². The maximum absolute atomic E-state index is 13.9. The molecule has 4 nitrogen and oxygen atoms in total. The zero-order valence-electron chi connectivity index (χ0n) is 18.0. The van der Waals surface area contributed by atoms with Gasteiger partial charge in [0.15, 0.2) is 5.60 Å². The number of nitrogens with one attached hydrogen (secondary N) is 1. The zero-order chi connectivity index (χ0) is 21.8. The fourth-order valence-corrected chi connectivity index (χ4v) is 4.68. The summed E-state index contributed by atoms with van der Waals surface area (Å²) in [5, 5.41) is 14.5. The van der Waals surface area contributed by atoms with Crippen LogP contribution in [0.3, 0.4) is 0 Å². The van der Waals surface area contributed by atoms with Crippen LogP contribution in [0.25, 0.3) is 0 Å². The second kappa shape index (κ2) is 9.56. The van der Waals surface area contributed by atoms with Crippen molar-refractivity contribution in [1.82, 2.24) is 10.2 Å². The summed E-state index contributed by atoms with van der Waals surface area (Å²) < 4.78 is 27.8. The van der Waals surface area contributed by atoms with Gasteiger partial charge in [0.25, 0.3) is 5.91 Å². The van der Waals surface area contributed by atoms with E-state index in [0.717, 1.165) is 38.9 Å². The van der Waals surface area contributed by atoms with Gasteiger partial charge in [-0.1, -0.05) is 42.0 Å². The molecule has 166 valence electrons. The number of hydrogen-bond acceptors (Lipinski definition) is 3. The van der Waals surface area contributed by atoms with Crippen molar-refractivity contribution in [3.63, 3.8) is 0 Å². The fraction of sp³-hybridized carbons (Fsp3) is 0.625. The Hall–Kier alpha value is -1.79. The minimum atomic E-state index is -2.83. The summed E-state index contributed by atoms with van der Waals surface area (Å²) in [5.74, 6) is -4.16. The molecular weight excluding hydrogens is 386 g/mol. The van der Waals surface area contributed by atoms with Crippen molar-refractivity contribution >= 4 is 5.91 Å². The Morgan fingerprint density at radius 1 is 1.23 bits per heavy atom. The number of aliphatic hydroxyl groups is 1. The predicted molar refractivity (Wildman–Crippen MR) is 114 cm³/mol. The minimum absolute atomic E-state index is 0.0469. The molecule has 0 spiro atoms. The lowest BCUT2D eigenvalue weighted by atomic mass is 9.79. The molecule has 1 saturated carbocycles. The first-order valence-electron chi connectivity index (χ1n) is 11.0. The number of piperidine rings is 1. The first-order valence-corrected chi connectivity index (χ1v) is 11.0. The lowest BCUT2D eigenvalue weighted by molar-refractivity contribution is -0.149. The number of rotatable bonds is 7. The molecule has 2 atom stereocenters. The molecule has 0 bridgehead atoms. The molecule has 1 saturated heterocycles. The molecule has 0 radical (unpaired) electrons. The van der Waals surface area contributed by atoms with Gasteiger partial charge in [0.05, 0.1) is 0 Å². The molecule has 2 aliphatic rings. The van der Waals surface area contributed by atoms with Crippen LogP contribution >= 0.6 is 0 Å². The summed E-state index contributed by atoms with van der Waals surface area (Å²) in [6.07, 6.45) is 4.22. The minimum Gasteiger partial charge on any atom is -0.375 e. The van der Waals surface area contributed by atoms with Gasteiger partial charge in [-0.15, -0.1) is 0 Å². The van der Waals surface area contributed by atoms with Gasteiger partial charge in [0.1, 0.15) is 0 Å². The Morgan fingerprint density at radius 2 is 1.90 bits per heavy atom. The highest BCUT2D eigenvalue weighted by molar-refractivity contribution is 5.87. The topological polar surface area (TPSA) is 52.6 Å². The maximum Gasteiger partial charge on any atom is 0.257 e. The van der Waals surface area contributed by atoms with E-state index in [9.17, 15) is 18.7 Å². The summed E-state index contributed by atoms with van der Waals surface area (Å²) >= 11 is 0. The molecule has 2 fully saturated rings. The van der Waals surface area contributed by atoms with E-state index in [2.05, 4.69) is 30.1 Å². The molecule has 1 heterocycles. The van der Waals surface area contributed by atoms with Gasteiger partial charge in [0.2, 0.25) is 5.92 Å². The Kier molecular flexibility index (Phi) is 7.30. The lowest BCUT2D eigenvalue weighted by Gasteiger charge is -2.37. The molecule has 1 aromatic carbocycles. The molecule has 2 N–H and O–H groups in total. The van der Waals surface area contributed by atoms with Gasteiger partial charge < -0.3 is 15.3 Å². The van der Waals surface area contributed by atoms with Gasteiger partial charge in [-0.2, -0.15) is 0 Å². The number of amides is 1. The monoisotopic (exact) mass is 420 g/mol. The first-order chi connectivity index (χ1) is 14.2. The molecular formula is C24H34F2N2O2. The van der Waals surface area contributed by atoms with Gasteiger partial charge >= 0.3 is 0 Å². The van der Waals surface area contributed by atoms with E-state index < -0.39 is 29.8 Å². The summed E-state index contributed by atoms with van der Waals surface area (Å²) in [6.45, 7) is 6.95. The number of allylic oxidation sites excluding steroid dienone is 1. The molecule has 1 unspecified atom stereocenters. The molecule has 1 aliphatic heterocycles. The summed E-state index contributed by atoms with van der Waals surface area (Å²) in [7, 11) is 0. The Bertz CT molecular complexity index is 741. The summed E-state index contributed by atoms with van der Waals surface area (Å²) in [6, 6.07) is 8.51. The van der Waals surface area contributed by atoms with E-state index in [4.69, 9.17) is 0 Å². The molecule has 30 heavy (non-hydrogen) atoms. The summed E-state index contributed by atoms with van der Waals surface area (Å²) in [4.78, 5) is 15.6. The van der Waals surface area contributed by atoms with Crippen LogP contribution in [-0.4, -0.2) is 47.5 Å². The largest absolute Gasteiger partial charge is 0.375 e. The Morgan fingerprint density at radius 3 is 2.47 bits per heavy atom. The predicted octanol–water partition coefficient (Wildman–Crippen LogP) is 4.25. The third kappa shape index (κ3) is 5.46. The third-order valence-electron chi connectivity index (χ3n) is 6.48. The zero-order valence-corrected chi connectivity index (χ0v) is 18.0. The van der Waals surface area contributed by atoms with E-state index in [-0.39, 0.29) is 18.9 Å². The Labute approximate surface area is 178 Å². The Balaban J connectivity index is 1.64. The van der Waals surface area contributed by atoms with Crippen molar-refractivity contribution in [1.29, 1.82) is 0 Å². The molecule has 0 aromatic heterocycles. The van der Waals surface area contributed by atoms with Gasteiger partial charge in [-0.3, -0.25) is 4.79 Å². The number of nitrogens with zero attached hydrogens (tertiary/aromatic N) is 1. The fourth-order valence-electron chi connectivity index (χ4n) is 4.68. The number of hydrogen-bond donors (Lipinski definition) is 2. The van der Waals surface area contributed by atoms with Crippen LogP contribution in [0.4, 0.5) is 8.78 Å². The van der Waals surface area contributed by atoms with E-state index in [0.29, 0.717) is 5.56 Å². The van der Waals surface area contributed by atoms with Crippen LogP contribution in [0.15, 0.2) is 42.0 Å². The van der Waals surface area contributed by atoms with Gasteiger partial charge in [-0.25, -0.2) is 8.78 Å². The van der Waals surface area contributed by atoms with Crippen LogP contribution in [-0.2, 0) is 10.4 Å². The highest BCUT2D eigenvalue weighted by Crippen LogP contribution is 2.47. The average molecular weight is 421 g/mol. The van der Waals surface area contributed by atoms with Crippen molar-refractivity contribution < 1.29 is 18.7 Å². The highest BCUT2D eigenvalue weighted by atomic mass is 19.3. The van der Waals surface area contributed by atoms with E-state index in [1.165, 1.54) is 5.57 Å². The summed E-state index contributed by atoms with van der Waals surface area (Å²) in [5.41, 5.74) is -0.221. The molecule has 1 amide bonds. The second-order valence-corrected chi connectivity index (χ2v) is 9.09. The normalized spacial score (nSPS) is 24.2. The number of carbonyl (C=O) groups excluding carboxylic acids is 1. The standard InChI is InChI=1S/C24H34F2N2O2/c1-18(2)7-6-14-28-15-11-21(12-16-28)27-22(29)24(30,19-8-4-3-5-9-19)20-10-13-23(25,26)17-20/h3-5,7-9,20-21,30H,6,10-17H2,1-2H3,(H,27,29)/t20?,24-/m0/s1. The van der Waals surface area contributed by atoms with Crippen LogP contribution < -0.4 is 5.32 Å². The van der Waals surface area contributed by atoms with Gasteiger partial charge in [-0.05, 0) is 45.1 Å². The van der Waals surface area contributed by atoms with Crippen molar-refractivity contribution in [2.75, 3.05) is 19.6 Å². The number of likely N-dealkylation sites (tertiary alicyclic amines) is 1. The lowest BCUT2D eigenvalue weighted by Crippen LogP contribution is -2.54. The first kappa shape index (κ1) is 22.9. The molecule has 1 aliphatic carbocycles. The van der Waals surface area contributed by atoms with Crippen molar-refractivity contribution in [3.8, 4) is 0 Å². The second-order valence-electron chi connectivity index (χ2n) is 9.09. The van der Waals surface area contributed by atoms with Crippen molar-refractivity contribution in [2.45, 2.75) is 69.9 Å². The molecule has 3 rings (SSSR count). The third-order valence-corrected chi connectivity index (χ3v) is 6.48. The number of halogens is 2. The SMILES string of the molecule is CC(C)=CCCN1CCC(NC(=O)[C@](O)(c2ccccc2)C2CCC(F)(F)C2)CC1. The number of alkyl halides is 2. The highest BCUT2D eigenvalue weighted by Gasteiger charge is 2.53. The maximum atomic E-state index is 13.9. The van der Waals surface area contributed by atoms with Crippen LogP contribution in [0, 0.1) is 5.92 Å². The average Bonchev–Trinajstić information content (AvgIpc) is 3.09. The van der Waals surface area contributed by atoms with E-state index >= 15 is 0 Å². The van der Waals surface area contributed by atoms with Crippen molar-refractivity contribution in [3.05, 3.63) is 47.5 Å². The van der Waals surface area contributed by atoms with Crippen LogP contribution in [0.1, 0.15) is 57.9 Å². The van der Waals surface area contributed by atoms with Crippen molar-refractivity contribution in [2.24, 2.45) is 5.92 Å². The van der Waals surface area contributed by atoms with Crippen LogP contribution in [0.2, 0.25) is 0 Å². The van der Waals surface area contributed by atoms with E-state index in [1.54, 1.807) is 30.3 Å². The van der Waals surface area contributed by atoms with E-state index in [1.807, 2.05) is 0 Å². The van der Waals surface area contributed by atoms with Crippen LogP contribution in [0.5, 0.6) is 0 Å².